The van der Waals surface area contributed by atoms with Gasteiger partial charge in [-0.15, -0.1) is 11.3 Å². The molecule has 140 valence electrons. The molecule has 0 atom stereocenters. The van der Waals surface area contributed by atoms with Crippen LogP contribution in [0.3, 0.4) is 0 Å². The summed E-state index contributed by atoms with van der Waals surface area (Å²) in [6, 6.07) is 14.9. The molecule has 3 amide bonds. The van der Waals surface area contributed by atoms with Crippen LogP contribution in [0.15, 0.2) is 54.6 Å². The molecule has 1 aliphatic heterocycles. The zero-order valence-electron chi connectivity index (χ0n) is 14.6. The van der Waals surface area contributed by atoms with Crippen LogP contribution >= 0.6 is 23.1 Å². The van der Waals surface area contributed by atoms with Gasteiger partial charge in [0.2, 0.25) is 11.8 Å². The molecular weight excluding hydrogens is 394 g/mol. The quantitative estimate of drug-likeness (QED) is 0.641. The van der Waals surface area contributed by atoms with Gasteiger partial charge in [-0.05, 0) is 35.9 Å². The predicted octanol–water partition coefficient (Wildman–Crippen LogP) is 4.14. The van der Waals surface area contributed by atoms with E-state index in [-0.39, 0.29) is 29.4 Å². The van der Waals surface area contributed by atoms with Gasteiger partial charge in [0.05, 0.1) is 22.5 Å². The molecule has 6 nitrogen and oxygen atoms in total. The highest BCUT2D eigenvalue weighted by Gasteiger charge is 2.29. The van der Waals surface area contributed by atoms with E-state index in [0.717, 1.165) is 32.5 Å². The largest absolute Gasteiger partial charge is 0.323 e. The van der Waals surface area contributed by atoms with Gasteiger partial charge < -0.3 is 5.32 Å². The molecule has 3 aromatic rings. The number of imide groups is 1. The lowest BCUT2D eigenvalue weighted by molar-refractivity contribution is -0.125. The van der Waals surface area contributed by atoms with Crippen LogP contribution in [0.4, 0.5) is 10.5 Å². The van der Waals surface area contributed by atoms with Crippen LogP contribution in [-0.2, 0) is 16.1 Å². The summed E-state index contributed by atoms with van der Waals surface area (Å²) in [5.41, 5.74) is 2.37. The maximum Gasteiger partial charge on any atom is 0.289 e. The van der Waals surface area contributed by atoms with E-state index in [2.05, 4.69) is 10.3 Å². The van der Waals surface area contributed by atoms with E-state index in [1.165, 1.54) is 22.3 Å². The fourth-order valence-electron chi connectivity index (χ4n) is 2.70. The SMILES string of the molecule is O=C(/C=C/c1nc2ccccc2s1)Nc1ccc(CN2C(=O)CSC2=O)cc1. The summed E-state index contributed by atoms with van der Waals surface area (Å²) in [5, 5.41) is 3.33. The molecule has 4 rings (SSSR count). The van der Waals surface area contributed by atoms with E-state index in [4.69, 9.17) is 0 Å². The number of hydrogen-bond acceptors (Lipinski definition) is 6. The number of carbonyl (C=O) groups excluding carboxylic acids is 3. The topological polar surface area (TPSA) is 79.4 Å². The van der Waals surface area contributed by atoms with Crippen LogP contribution in [0.2, 0.25) is 0 Å². The summed E-state index contributed by atoms with van der Waals surface area (Å²) in [6.07, 6.45) is 3.14. The number of carbonyl (C=O) groups is 3. The minimum absolute atomic E-state index is 0.174. The van der Waals surface area contributed by atoms with E-state index in [1.54, 1.807) is 30.3 Å². The van der Waals surface area contributed by atoms with Crippen molar-refractivity contribution < 1.29 is 14.4 Å². The lowest BCUT2D eigenvalue weighted by Crippen LogP contribution is -2.27. The maximum absolute atomic E-state index is 12.1. The molecule has 1 aromatic heterocycles. The average molecular weight is 409 g/mol. The molecule has 1 N–H and O–H groups in total. The molecule has 1 aliphatic rings. The van der Waals surface area contributed by atoms with Gasteiger partial charge in [-0.2, -0.15) is 0 Å². The van der Waals surface area contributed by atoms with Crippen molar-refractivity contribution in [2.24, 2.45) is 0 Å². The smallest absolute Gasteiger partial charge is 0.289 e. The van der Waals surface area contributed by atoms with Gasteiger partial charge in [0.1, 0.15) is 5.01 Å². The Bertz CT molecular complexity index is 1040. The van der Waals surface area contributed by atoms with E-state index in [0.29, 0.717) is 5.69 Å². The van der Waals surface area contributed by atoms with E-state index >= 15 is 0 Å². The number of para-hydroxylation sites is 1. The van der Waals surface area contributed by atoms with Gasteiger partial charge in [0.25, 0.3) is 5.24 Å². The number of benzene rings is 2. The number of nitrogens with one attached hydrogen (secondary N) is 1. The minimum atomic E-state index is -0.256. The Kier molecular flexibility index (Phi) is 5.23. The fraction of sp³-hybridized carbons (Fsp3) is 0.100. The highest BCUT2D eigenvalue weighted by atomic mass is 32.2. The Morgan fingerprint density at radius 3 is 2.64 bits per heavy atom. The van der Waals surface area contributed by atoms with Crippen molar-refractivity contribution in [3.8, 4) is 0 Å². The lowest BCUT2D eigenvalue weighted by atomic mass is 10.2. The Balaban J connectivity index is 1.36. The van der Waals surface area contributed by atoms with Crippen LogP contribution in [0, 0.1) is 0 Å². The zero-order valence-corrected chi connectivity index (χ0v) is 16.3. The standard InChI is InChI=1S/C20H15N3O3S2/c24-17(9-10-18-22-15-3-1-2-4-16(15)28-18)21-14-7-5-13(6-8-14)11-23-19(25)12-27-20(23)26/h1-10H,11-12H2,(H,21,24)/b10-9+. The molecular formula is C20H15N3O3S2. The van der Waals surface area contributed by atoms with Crippen molar-refractivity contribution in [3.63, 3.8) is 0 Å². The molecule has 0 bridgehead atoms. The first-order chi connectivity index (χ1) is 13.6. The van der Waals surface area contributed by atoms with Crippen molar-refractivity contribution in [1.29, 1.82) is 0 Å². The monoisotopic (exact) mass is 409 g/mol. The molecule has 8 heteroatoms. The number of anilines is 1. The van der Waals surface area contributed by atoms with Crippen molar-refractivity contribution in [2.45, 2.75) is 6.54 Å². The molecule has 0 radical (unpaired) electrons. The Morgan fingerprint density at radius 2 is 1.93 bits per heavy atom. The number of nitrogens with zero attached hydrogens (tertiary/aromatic N) is 2. The highest BCUT2D eigenvalue weighted by Crippen LogP contribution is 2.23. The lowest BCUT2D eigenvalue weighted by Gasteiger charge is -2.13. The zero-order chi connectivity index (χ0) is 19.5. The normalized spacial score (nSPS) is 14.4. The third-order valence-electron chi connectivity index (χ3n) is 4.09. The van der Waals surface area contributed by atoms with Crippen molar-refractivity contribution in [1.82, 2.24) is 9.88 Å². The first-order valence-electron chi connectivity index (χ1n) is 8.49. The fourth-order valence-corrected chi connectivity index (χ4v) is 4.30. The molecule has 2 heterocycles. The summed E-state index contributed by atoms with van der Waals surface area (Å²) < 4.78 is 1.08. The van der Waals surface area contributed by atoms with Crippen LogP contribution in [0.1, 0.15) is 10.6 Å². The van der Waals surface area contributed by atoms with Crippen LogP contribution in [0.5, 0.6) is 0 Å². The summed E-state index contributed by atoms with van der Waals surface area (Å²) in [5.74, 6) is -0.228. The van der Waals surface area contributed by atoms with Gasteiger partial charge in [-0.1, -0.05) is 36.0 Å². The average Bonchev–Trinajstić information content (AvgIpc) is 3.25. The van der Waals surface area contributed by atoms with Crippen molar-refractivity contribution in [3.05, 3.63) is 65.2 Å². The van der Waals surface area contributed by atoms with Gasteiger partial charge >= 0.3 is 0 Å². The number of thioether (sulfide) groups is 1. The second-order valence-corrected chi connectivity index (χ2v) is 8.06. The van der Waals surface area contributed by atoms with E-state index in [1.807, 2.05) is 24.3 Å². The Morgan fingerprint density at radius 1 is 1.14 bits per heavy atom. The van der Waals surface area contributed by atoms with Crippen LogP contribution in [0.25, 0.3) is 16.3 Å². The second-order valence-electron chi connectivity index (χ2n) is 6.07. The van der Waals surface area contributed by atoms with E-state index in [9.17, 15) is 14.4 Å². The summed E-state index contributed by atoms with van der Waals surface area (Å²) in [4.78, 5) is 41.1. The third kappa shape index (κ3) is 4.13. The summed E-state index contributed by atoms with van der Waals surface area (Å²) in [6.45, 7) is 0.246. The first-order valence-corrected chi connectivity index (χ1v) is 10.3. The first kappa shape index (κ1) is 18.4. The van der Waals surface area contributed by atoms with Gasteiger partial charge in [-0.3, -0.25) is 19.3 Å². The molecule has 0 unspecified atom stereocenters. The third-order valence-corrected chi connectivity index (χ3v) is 5.95. The number of fused-ring (bicyclic) bond motifs is 1. The minimum Gasteiger partial charge on any atom is -0.323 e. The van der Waals surface area contributed by atoms with Gasteiger partial charge in [0.15, 0.2) is 0 Å². The Hall–Kier alpha value is -2.97. The predicted molar refractivity (Wildman–Crippen MR) is 112 cm³/mol. The molecule has 0 saturated carbocycles. The molecule has 0 spiro atoms. The van der Waals surface area contributed by atoms with E-state index < -0.39 is 0 Å². The molecule has 1 fully saturated rings. The molecule has 1 saturated heterocycles. The van der Waals surface area contributed by atoms with Crippen LogP contribution in [-0.4, -0.2) is 32.7 Å². The maximum atomic E-state index is 12.1. The molecule has 0 aliphatic carbocycles. The number of aromatic nitrogens is 1. The van der Waals surface area contributed by atoms with Crippen molar-refractivity contribution in [2.75, 3.05) is 11.1 Å². The van der Waals surface area contributed by atoms with Crippen molar-refractivity contribution >= 4 is 62.1 Å². The van der Waals surface area contributed by atoms with Gasteiger partial charge in [-0.25, -0.2) is 4.98 Å². The molecule has 28 heavy (non-hydrogen) atoms. The van der Waals surface area contributed by atoms with Gasteiger partial charge in [0, 0.05) is 11.8 Å². The Labute approximate surface area is 169 Å². The number of hydrogen-bond donors (Lipinski definition) is 1. The highest BCUT2D eigenvalue weighted by molar-refractivity contribution is 8.14. The number of rotatable bonds is 5. The number of thiazole rings is 1. The second kappa shape index (κ2) is 7.95. The van der Waals surface area contributed by atoms with Crippen LogP contribution < -0.4 is 5.32 Å². The molecule has 2 aromatic carbocycles. The summed E-state index contributed by atoms with van der Waals surface area (Å²) in [7, 11) is 0. The number of amides is 3. The summed E-state index contributed by atoms with van der Waals surface area (Å²) >= 11 is 2.54.